The van der Waals surface area contributed by atoms with Crippen molar-refractivity contribution in [1.29, 1.82) is 0 Å². The molecule has 1 unspecified atom stereocenters. The highest BCUT2D eigenvalue weighted by molar-refractivity contribution is 7.97. The van der Waals surface area contributed by atoms with Crippen LogP contribution in [0.5, 0.6) is 11.5 Å². The SMILES string of the molecule is CCN1Sc2cc3c(cc2CC1C(=O)N[C@H](C=O)Cc1ccccc1)OCCO3. The van der Waals surface area contributed by atoms with Crippen LogP contribution in [0, 0.1) is 0 Å². The first kappa shape index (κ1) is 19.8. The van der Waals surface area contributed by atoms with Gasteiger partial charge in [-0.3, -0.25) is 4.79 Å². The third-order valence-corrected chi connectivity index (χ3v) is 6.43. The molecule has 2 aliphatic heterocycles. The van der Waals surface area contributed by atoms with Gasteiger partial charge in [-0.05, 0) is 48.0 Å². The summed E-state index contributed by atoms with van der Waals surface area (Å²) in [6.45, 7) is 3.82. The monoisotopic (exact) mass is 412 g/mol. The number of amides is 1. The summed E-state index contributed by atoms with van der Waals surface area (Å²) in [4.78, 5) is 25.7. The number of carbonyl (C=O) groups is 2. The molecule has 29 heavy (non-hydrogen) atoms. The summed E-state index contributed by atoms with van der Waals surface area (Å²) in [5, 5.41) is 2.92. The van der Waals surface area contributed by atoms with E-state index in [4.69, 9.17) is 9.47 Å². The van der Waals surface area contributed by atoms with Crippen LogP contribution in [0.15, 0.2) is 47.4 Å². The molecule has 2 aliphatic rings. The number of nitrogens with one attached hydrogen (secondary N) is 1. The van der Waals surface area contributed by atoms with Crippen molar-refractivity contribution in [3.63, 3.8) is 0 Å². The summed E-state index contributed by atoms with van der Waals surface area (Å²) in [6.07, 6.45) is 1.86. The van der Waals surface area contributed by atoms with E-state index >= 15 is 0 Å². The van der Waals surface area contributed by atoms with Crippen molar-refractivity contribution in [2.45, 2.75) is 36.7 Å². The number of rotatable bonds is 6. The van der Waals surface area contributed by atoms with Crippen LogP contribution in [0.1, 0.15) is 18.1 Å². The molecule has 1 N–H and O–H groups in total. The first-order valence-corrected chi connectivity index (χ1v) is 10.6. The highest BCUT2D eigenvalue weighted by atomic mass is 32.2. The third kappa shape index (κ3) is 4.41. The Bertz CT molecular complexity index is 890. The van der Waals surface area contributed by atoms with Crippen LogP contribution in [0.3, 0.4) is 0 Å². The second-order valence-electron chi connectivity index (χ2n) is 7.09. The number of nitrogens with zero attached hydrogens (tertiary/aromatic N) is 1. The number of ether oxygens (including phenoxy) is 2. The van der Waals surface area contributed by atoms with Crippen molar-refractivity contribution in [3.8, 4) is 11.5 Å². The lowest BCUT2D eigenvalue weighted by molar-refractivity contribution is -0.127. The van der Waals surface area contributed by atoms with Crippen molar-refractivity contribution in [3.05, 3.63) is 53.6 Å². The largest absolute Gasteiger partial charge is 0.486 e. The summed E-state index contributed by atoms with van der Waals surface area (Å²) < 4.78 is 13.4. The molecule has 6 nitrogen and oxygen atoms in total. The number of carbonyl (C=O) groups excluding carboxylic acids is 2. The summed E-state index contributed by atoms with van der Waals surface area (Å²) in [5.74, 6) is 1.35. The molecule has 0 saturated carbocycles. The number of hydrogen-bond donors (Lipinski definition) is 1. The predicted molar refractivity (Wildman–Crippen MR) is 111 cm³/mol. The minimum Gasteiger partial charge on any atom is -0.486 e. The van der Waals surface area contributed by atoms with Gasteiger partial charge in [0.05, 0.1) is 6.04 Å². The van der Waals surface area contributed by atoms with Gasteiger partial charge in [-0.15, -0.1) is 0 Å². The van der Waals surface area contributed by atoms with Crippen LogP contribution < -0.4 is 14.8 Å². The predicted octanol–water partition coefficient (Wildman–Crippen LogP) is 2.64. The summed E-state index contributed by atoms with van der Waals surface area (Å²) >= 11 is 1.55. The number of likely N-dealkylation sites (N-methyl/N-ethyl adjacent to an activating group) is 1. The van der Waals surface area contributed by atoms with Gasteiger partial charge in [0.2, 0.25) is 5.91 Å². The average molecular weight is 413 g/mol. The van der Waals surface area contributed by atoms with Gasteiger partial charge in [0.15, 0.2) is 11.5 Å². The van der Waals surface area contributed by atoms with Crippen molar-refractivity contribution in [1.82, 2.24) is 9.62 Å². The number of benzene rings is 2. The van der Waals surface area contributed by atoms with E-state index in [0.717, 1.165) is 33.8 Å². The molecule has 2 aromatic rings. The Morgan fingerprint density at radius 3 is 2.66 bits per heavy atom. The van der Waals surface area contributed by atoms with Gasteiger partial charge in [-0.2, -0.15) is 0 Å². The quantitative estimate of drug-likeness (QED) is 0.581. The minimum atomic E-state index is -0.546. The van der Waals surface area contributed by atoms with E-state index in [1.807, 2.05) is 49.4 Å². The van der Waals surface area contributed by atoms with E-state index < -0.39 is 6.04 Å². The number of fused-ring (bicyclic) bond motifs is 2. The van der Waals surface area contributed by atoms with Gasteiger partial charge < -0.3 is 19.6 Å². The summed E-state index contributed by atoms with van der Waals surface area (Å²) in [5.41, 5.74) is 2.08. The standard InChI is InChI=1S/C22H24N2O4S/c1-2-24-18(22(26)23-17(14-25)10-15-6-4-3-5-7-15)11-16-12-19-20(13-21(16)29-24)28-9-8-27-19/h3-7,12-14,17-18H,2,8-11H2,1H3,(H,23,26)/t17-,18?/m0/s1. The zero-order chi connectivity index (χ0) is 20.2. The molecule has 4 rings (SSSR count). The lowest BCUT2D eigenvalue weighted by atomic mass is 10.0. The molecule has 0 aromatic heterocycles. The maximum Gasteiger partial charge on any atom is 0.239 e. The van der Waals surface area contributed by atoms with Crippen molar-refractivity contribution < 1.29 is 19.1 Å². The van der Waals surface area contributed by atoms with Gasteiger partial charge in [-0.1, -0.05) is 37.3 Å². The Labute approximate surface area is 174 Å². The first-order valence-electron chi connectivity index (χ1n) is 9.84. The second kappa shape index (κ2) is 8.88. The molecule has 152 valence electrons. The van der Waals surface area contributed by atoms with Gasteiger partial charge >= 0.3 is 0 Å². The van der Waals surface area contributed by atoms with Crippen LogP contribution >= 0.6 is 11.9 Å². The molecule has 0 spiro atoms. The highest BCUT2D eigenvalue weighted by Crippen LogP contribution is 2.42. The lowest BCUT2D eigenvalue weighted by Gasteiger charge is -2.35. The normalized spacial score (nSPS) is 19.1. The fourth-order valence-electron chi connectivity index (χ4n) is 3.65. The maximum absolute atomic E-state index is 13.0. The first-order chi connectivity index (χ1) is 14.2. The molecule has 2 atom stereocenters. The van der Waals surface area contributed by atoms with Gasteiger partial charge in [-0.25, -0.2) is 4.31 Å². The van der Waals surface area contributed by atoms with Crippen LogP contribution in [-0.4, -0.2) is 48.3 Å². The lowest BCUT2D eigenvalue weighted by Crippen LogP contribution is -2.50. The zero-order valence-electron chi connectivity index (χ0n) is 16.3. The maximum atomic E-state index is 13.0. The Morgan fingerprint density at radius 1 is 1.24 bits per heavy atom. The minimum absolute atomic E-state index is 0.132. The van der Waals surface area contributed by atoms with E-state index in [0.29, 0.717) is 32.6 Å². The van der Waals surface area contributed by atoms with Crippen LogP contribution in [-0.2, 0) is 22.4 Å². The highest BCUT2D eigenvalue weighted by Gasteiger charge is 2.34. The Kier molecular flexibility index (Phi) is 6.06. The van der Waals surface area contributed by atoms with E-state index in [9.17, 15) is 9.59 Å². The molecule has 0 fully saturated rings. The van der Waals surface area contributed by atoms with E-state index in [1.54, 1.807) is 11.9 Å². The Balaban J connectivity index is 1.49. The van der Waals surface area contributed by atoms with E-state index in [2.05, 4.69) is 9.62 Å². The molecular formula is C22H24N2O4S. The van der Waals surface area contributed by atoms with Gasteiger partial charge in [0.25, 0.3) is 0 Å². The smallest absolute Gasteiger partial charge is 0.239 e. The second-order valence-corrected chi connectivity index (χ2v) is 8.18. The van der Waals surface area contributed by atoms with Crippen molar-refractivity contribution in [2.75, 3.05) is 19.8 Å². The molecule has 7 heteroatoms. The molecule has 0 saturated heterocycles. The number of hydrogen-bond acceptors (Lipinski definition) is 6. The molecule has 0 radical (unpaired) electrons. The van der Waals surface area contributed by atoms with Gasteiger partial charge in [0.1, 0.15) is 25.5 Å². The molecule has 2 aromatic carbocycles. The molecule has 1 amide bonds. The average Bonchev–Trinajstić information content (AvgIpc) is 2.76. The topological polar surface area (TPSA) is 67.9 Å². The van der Waals surface area contributed by atoms with Crippen LogP contribution in [0.4, 0.5) is 0 Å². The fourth-order valence-corrected chi connectivity index (χ4v) is 4.74. The summed E-state index contributed by atoms with van der Waals surface area (Å²) in [7, 11) is 0. The zero-order valence-corrected chi connectivity index (χ0v) is 17.1. The molecular weight excluding hydrogens is 388 g/mol. The molecule has 2 heterocycles. The van der Waals surface area contributed by atoms with E-state index in [1.165, 1.54) is 0 Å². The van der Waals surface area contributed by atoms with Crippen LogP contribution in [0.25, 0.3) is 0 Å². The Hall–Kier alpha value is -2.51. The van der Waals surface area contributed by atoms with Crippen molar-refractivity contribution >= 4 is 24.1 Å². The van der Waals surface area contributed by atoms with E-state index in [-0.39, 0.29) is 11.9 Å². The third-order valence-electron chi connectivity index (χ3n) is 5.11. The van der Waals surface area contributed by atoms with Crippen molar-refractivity contribution in [2.24, 2.45) is 0 Å². The molecule has 0 bridgehead atoms. The summed E-state index contributed by atoms with van der Waals surface area (Å²) in [6, 6.07) is 12.8. The molecule has 0 aliphatic carbocycles. The van der Waals surface area contributed by atoms with Crippen LogP contribution in [0.2, 0.25) is 0 Å². The Morgan fingerprint density at radius 2 is 1.97 bits per heavy atom. The fraction of sp³-hybridized carbons (Fsp3) is 0.364. The number of aldehydes is 1. The van der Waals surface area contributed by atoms with Gasteiger partial charge in [0, 0.05) is 11.4 Å².